The van der Waals surface area contributed by atoms with Crippen molar-refractivity contribution in [1.29, 1.82) is 0 Å². The lowest BCUT2D eigenvalue weighted by Crippen LogP contribution is -2.31. The van der Waals surface area contributed by atoms with Crippen LogP contribution in [0.2, 0.25) is 0 Å². The molecule has 17 heavy (non-hydrogen) atoms. The van der Waals surface area contributed by atoms with Crippen LogP contribution in [-0.4, -0.2) is 30.2 Å². The van der Waals surface area contributed by atoms with Crippen molar-refractivity contribution in [2.24, 2.45) is 0 Å². The van der Waals surface area contributed by atoms with E-state index in [1.807, 2.05) is 0 Å². The normalized spacial score (nSPS) is 12.2. The minimum Gasteiger partial charge on any atom is -0.352 e. The lowest BCUT2D eigenvalue weighted by molar-refractivity contribution is -0.117. The Kier molecular flexibility index (Phi) is 5.84. The van der Waals surface area contributed by atoms with Crippen molar-refractivity contribution in [2.45, 2.75) is 44.8 Å². The fourth-order valence-corrected chi connectivity index (χ4v) is 1.56. The SMILES string of the molecule is C=C(C)C(=O)NCCCCC(C)(C)S(=O)(=O)O. The maximum Gasteiger partial charge on any atom is 0.270 e. The Morgan fingerprint density at radius 1 is 1.35 bits per heavy atom. The predicted molar refractivity (Wildman–Crippen MR) is 67.3 cm³/mol. The smallest absolute Gasteiger partial charge is 0.270 e. The second-order valence-electron chi connectivity index (χ2n) is 4.73. The van der Waals surface area contributed by atoms with E-state index >= 15 is 0 Å². The van der Waals surface area contributed by atoms with Crippen molar-refractivity contribution in [3.05, 3.63) is 12.2 Å². The topological polar surface area (TPSA) is 83.5 Å². The van der Waals surface area contributed by atoms with Gasteiger partial charge in [-0.15, -0.1) is 0 Å². The summed E-state index contributed by atoms with van der Waals surface area (Å²) in [6.45, 7) is 8.56. The molecule has 0 atom stereocenters. The van der Waals surface area contributed by atoms with Crippen molar-refractivity contribution in [3.8, 4) is 0 Å². The van der Waals surface area contributed by atoms with Crippen molar-refractivity contribution < 1.29 is 17.8 Å². The van der Waals surface area contributed by atoms with Crippen molar-refractivity contribution in [2.75, 3.05) is 6.54 Å². The largest absolute Gasteiger partial charge is 0.352 e. The van der Waals surface area contributed by atoms with Crippen molar-refractivity contribution in [3.63, 3.8) is 0 Å². The summed E-state index contributed by atoms with van der Waals surface area (Å²) < 4.78 is 29.8. The molecule has 0 aliphatic carbocycles. The number of rotatable bonds is 7. The number of carbonyl (C=O) groups excluding carboxylic acids is 1. The molecule has 0 aromatic heterocycles. The van der Waals surface area contributed by atoms with Gasteiger partial charge >= 0.3 is 0 Å². The Morgan fingerprint density at radius 3 is 2.29 bits per heavy atom. The highest BCUT2D eigenvalue weighted by atomic mass is 32.2. The second-order valence-corrected chi connectivity index (χ2v) is 6.78. The number of nitrogens with one attached hydrogen (secondary N) is 1. The molecule has 100 valence electrons. The average molecular weight is 263 g/mol. The number of amides is 1. The van der Waals surface area contributed by atoms with Crippen LogP contribution in [-0.2, 0) is 14.9 Å². The number of hydrogen-bond acceptors (Lipinski definition) is 3. The lowest BCUT2D eigenvalue weighted by atomic mass is 10.1. The summed E-state index contributed by atoms with van der Waals surface area (Å²) in [7, 11) is -4.02. The molecular weight excluding hydrogens is 242 g/mol. The third-order valence-electron chi connectivity index (χ3n) is 2.58. The second kappa shape index (κ2) is 6.16. The summed E-state index contributed by atoms with van der Waals surface area (Å²) in [5.41, 5.74) is 0.447. The fraction of sp³-hybridized carbons (Fsp3) is 0.727. The molecule has 0 unspecified atom stereocenters. The van der Waals surface area contributed by atoms with Gasteiger partial charge in [-0.2, -0.15) is 8.42 Å². The highest BCUT2D eigenvalue weighted by molar-refractivity contribution is 7.87. The molecule has 0 rings (SSSR count). The monoisotopic (exact) mass is 263 g/mol. The van der Waals surface area contributed by atoms with Gasteiger partial charge in [0.15, 0.2) is 0 Å². The molecule has 1 amide bonds. The fourth-order valence-electron chi connectivity index (χ4n) is 1.16. The molecule has 5 nitrogen and oxygen atoms in total. The molecule has 0 heterocycles. The first-order valence-corrected chi connectivity index (χ1v) is 6.92. The van der Waals surface area contributed by atoms with Crippen molar-refractivity contribution >= 4 is 16.0 Å². The first-order valence-electron chi connectivity index (χ1n) is 5.48. The van der Waals surface area contributed by atoms with Crippen LogP contribution in [0.25, 0.3) is 0 Å². The van der Waals surface area contributed by atoms with E-state index in [-0.39, 0.29) is 5.91 Å². The Morgan fingerprint density at radius 2 is 1.88 bits per heavy atom. The quantitative estimate of drug-likeness (QED) is 0.414. The first kappa shape index (κ1) is 16.1. The lowest BCUT2D eigenvalue weighted by Gasteiger charge is -2.20. The number of carbonyl (C=O) groups is 1. The van der Waals surface area contributed by atoms with Gasteiger partial charge in [-0.25, -0.2) is 0 Å². The molecule has 0 aromatic rings. The first-order chi connectivity index (χ1) is 7.58. The van der Waals surface area contributed by atoms with E-state index < -0.39 is 14.9 Å². The van der Waals surface area contributed by atoms with Gasteiger partial charge in [0.1, 0.15) is 0 Å². The van der Waals surface area contributed by atoms with Crippen LogP contribution in [0.1, 0.15) is 40.0 Å². The summed E-state index contributed by atoms with van der Waals surface area (Å²) >= 11 is 0. The highest BCUT2D eigenvalue weighted by Gasteiger charge is 2.31. The zero-order valence-corrected chi connectivity index (χ0v) is 11.4. The van der Waals surface area contributed by atoms with Gasteiger partial charge in [-0.05, 0) is 33.6 Å². The Labute approximate surface area is 103 Å². The van der Waals surface area contributed by atoms with Crippen LogP contribution in [0.15, 0.2) is 12.2 Å². The van der Waals surface area contributed by atoms with Gasteiger partial charge in [-0.3, -0.25) is 9.35 Å². The molecule has 0 saturated heterocycles. The maximum absolute atomic E-state index is 11.1. The van der Waals surface area contributed by atoms with E-state index in [4.69, 9.17) is 4.55 Å². The molecule has 0 aliphatic rings. The molecule has 0 bridgehead atoms. The van der Waals surface area contributed by atoms with Gasteiger partial charge in [0.2, 0.25) is 5.91 Å². The molecule has 0 saturated carbocycles. The zero-order valence-electron chi connectivity index (χ0n) is 10.6. The van der Waals surface area contributed by atoms with E-state index in [1.165, 1.54) is 13.8 Å². The molecule has 2 N–H and O–H groups in total. The third-order valence-corrected chi connectivity index (χ3v) is 4.18. The summed E-state index contributed by atoms with van der Waals surface area (Å²) in [6, 6.07) is 0. The summed E-state index contributed by atoms with van der Waals surface area (Å²) in [5.74, 6) is -0.195. The number of hydrogen-bond donors (Lipinski definition) is 2. The van der Waals surface area contributed by atoms with Gasteiger partial charge < -0.3 is 5.32 Å². The third kappa shape index (κ3) is 5.83. The molecule has 0 spiro atoms. The van der Waals surface area contributed by atoms with Crippen LogP contribution in [0, 0.1) is 0 Å². The minimum atomic E-state index is -4.02. The zero-order chi connectivity index (χ0) is 13.7. The Bertz CT molecular complexity index is 384. The molecule has 0 radical (unpaired) electrons. The van der Waals surface area contributed by atoms with Crippen LogP contribution < -0.4 is 5.32 Å². The Hall–Kier alpha value is -0.880. The van der Waals surface area contributed by atoms with E-state index in [9.17, 15) is 13.2 Å². The average Bonchev–Trinajstić information content (AvgIpc) is 2.14. The van der Waals surface area contributed by atoms with Crippen LogP contribution in [0.4, 0.5) is 0 Å². The van der Waals surface area contributed by atoms with E-state index in [0.29, 0.717) is 31.4 Å². The molecule has 0 fully saturated rings. The highest BCUT2D eigenvalue weighted by Crippen LogP contribution is 2.21. The van der Waals surface area contributed by atoms with Gasteiger partial charge in [0, 0.05) is 12.1 Å². The van der Waals surface area contributed by atoms with Gasteiger partial charge in [0.25, 0.3) is 10.1 Å². The molecule has 0 aromatic carbocycles. The van der Waals surface area contributed by atoms with Crippen LogP contribution >= 0.6 is 0 Å². The summed E-state index contributed by atoms with van der Waals surface area (Å²) in [4.78, 5) is 11.1. The van der Waals surface area contributed by atoms with Gasteiger partial charge in [0.05, 0.1) is 4.75 Å². The predicted octanol–water partition coefficient (Wildman–Crippen LogP) is 1.52. The summed E-state index contributed by atoms with van der Waals surface area (Å²) in [5, 5.41) is 2.66. The minimum absolute atomic E-state index is 0.195. The Balaban J connectivity index is 3.88. The molecule has 0 aliphatic heterocycles. The van der Waals surface area contributed by atoms with E-state index in [0.717, 1.165) is 0 Å². The van der Waals surface area contributed by atoms with E-state index in [2.05, 4.69) is 11.9 Å². The van der Waals surface area contributed by atoms with E-state index in [1.54, 1.807) is 6.92 Å². The van der Waals surface area contributed by atoms with Crippen molar-refractivity contribution in [1.82, 2.24) is 5.32 Å². The molecular formula is C11H21NO4S. The van der Waals surface area contributed by atoms with Gasteiger partial charge in [-0.1, -0.05) is 13.0 Å². The maximum atomic E-state index is 11.1. The standard InChI is InChI=1S/C11H21NO4S/c1-9(2)10(13)12-8-6-5-7-11(3,4)17(14,15)16/h1,5-8H2,2-4H3,(H,12,13)(H,14,15,16). The van der Waals surface area contributed by atoms with Crippen LogP contribution in [0.3, 0.4) is 0 Å². The molecule has 6 heteroatoms. The number of unbranched alkanes of at least 4 members (excludes halogenated alkanes) is 1. The summed E-state index contributed by atoms with van der Waals surface area (Å²) in [6.07, 6.45) is 1.63. The van der Waals surface area contributed by atoms with Crippen LogP contribution in [0.5, 0.6) is 0 Å².